The summed E-state index contributed by atoms with van der Waals surface area (Å²) in [5.74, 6) is 0.836. The van der Waals surface area contributed by atoms with Crippen molar-refractivity contribution in [3.8, 4) is 0 Å². The molecule has 0 saturated carbocycles. The number of hydrogen-bond donors (Lipinski definition) is 2. The first-order chi connectivity index (χ1) is 11.8. The summed E-state index contributed by atoms with van der Waals surface area (Å²) in [6.07, 6.45) is 7.94. The van der Waals surface area contributed by atoms with Crippen LogP contribution >= 0.6 is 11.6 Å². The van der Waals surface area contributed by atoms with Crippen LogP contribution in [0.4, 0.5) is 5.82 Å². The molecule has 0 radical (unpaired) electrons. The van der Waals surface area contributed by atoms with Gasteiger partial charge in [0.15, 0.2) is 0 Å². The van der Waals surface area contributed by atoms with Crippen LogP contribution in [-0.4, -0.2) is 39.0 Å². The van der Waals surface area contributed by atoms with E-state index in [2.05, 4.69) is 31.2 Å². The maximum atomic E-state index is 6.34. The lowest BCUT2D eigenvalue weighted by Crippen LogP contribution is -2.41. The zero-order valence-electron chi connectivity index (χ0n) is 13.4. The molecule has 24 heavy (non-hydrogen) atoms. The summed E-state index contributed by atoms with van der Waals surface area (Å²) in [6, 6.07) is 8.37. The van der Waals surface area contributed by atoms with Crippen molar-refractivity contribution in [2.45, 2.75) is 25.4 Å². The quantitative estimate of drug-likeness (QED) is 0.760. The van der Waals surface area contributed by atoms with E-state index in [4.69, 9.17) is 11.6 Å². The van der Waals surface area contributed by atoms with Crippen molar-refractivity contribution in [2.75, 3.05) is 18.4 Å². The monoisotopic (exact) mass is 341 g/mol. The summed E-state index contributed by atoms with van der Waals surface area (Å²) in [5, 5.41) is 5.24. The highest BCUT2D eigenvalue weighted by Gasteiger charge is 2.20. The van der Waals surface area contributed by atoms with Gasteiger partial charge >= 0.3 is 0 Å². The number of pyridine rings is 2. The van der Waals surface area contributed by atoms with Gasteiger partial charge in [-0.3, -0.25) is 9.88 Å². The number of aromatic amines is 1. The Bertz CT molecular complexity index is 817. The van der Waals surface area contributed by atoms with Crippen LogP contribution in [0.2, 0.25) is 5.02 Å². The van der Waals surface area contributed by atoms with E-state index >= 15 is 0 Å². The SMILES string of the molecule is Clc1cc(N[C@H]2CCCN(Cc3cccnc3)C2)nc2[nH]ccc12. The molecule has 124 valence electrons. The maximum absolute atomic E-state index is 6.34. The van der Waals surface area contributed by atoms with Crippen molar-refractivity contribution in [1.82, 2.24) is 19.9 Å². The molecule has 4 heterocycles. The minimum Gasteiger partial charge on any atom is -0.366 e. The molecule has 4 rings (SSSR count). The highest BCUT2D eigenvalue weighted by atomic mass is 35.5. The van der Waals surface area contributed by atoms with E-state index in [1.807, 2.05) is 36.8 Å². The summed E-state index contributed by atoms with van der Waals surface area (Å²) in [4.78, 5) is 14.4. The van der Waals surface area contributed by atoms with Crippen molar-refractivity contribution in [2.24, 2.45) is 0 Å². The van der Waals surface area contributed by atoms with Crippen LogP contribution in [-0.2, 0) is 6.54 Å². The van der Waals surface area contributed by atoms with Crippen LogP contribution in [0.25, 0.3) is 11.0 Å². The molecule has 0 unspecified atom stereocenters. The molecule has 0 aliphatic carbocycles. The van der Waals surface area contributed by atoms with E-state index in [-0.39, 0.29) is 0 Å². The average molecular weight is 342 g/mol. The molecular formula is C18H20ClN5. The fraction of sp³-hybridized carbons (Fsp3) is 0.333. The molecule has 3 aromatic rings. The molecule has 1 fully saturated rings. The van der Waals surface area contributed by atoms with E-state index < -0.39 is 0 Å². The topological polar surface area (TPSA) is 56.8 Å². The second-order valence-corrected chi connectivity index (χ2v) is 6.72. The van der Waals surface area contributed by atoms with Crippen molar-refractivity contribution in [3.05, 3.63) is 53.4 Å². The van der Waals surface area contributed by atoms with E-state index in [1.165, 1.54) is 12.0 Å². The molecule has 0 aromatic carbocycles. The minimum atomic E-state index is 0.381. The van der Waals surface area contributed by atoms with E-state index in [0.29, 0.717) is 6.04 Å². The van der Waals surface area contributed by atoms with Crippen LogP contribution in [0.1, 0.15) is 18.4 Å². The Labute approximate surface area is 146 Å². The molecule has 1 saturated heterocycles. The number of H-pyrrole nitrogens is 1. The van der Waals surface area contributed by atoms with Gasteiger partial charge in [-0.2, -0.15) is 0 Å². The normalized spacial score (nSPS) is 18.8. The summed E-state index contributed by atoms with van der Waals surface area (Å²) >= 11 is 6.34. The lowest BCUT2D eigenvalue weighted by Gasteiger charge is -2.33. The first-order valence-electron chi connectivity index (χ1n) is 8.29. The van der Waals surface area contributed by atoms with Crippen LogP contribution < -0.4 is 5.32 Å². The Morgan fingerprint density at radius 1 is 1.38 bits per heavy atom. The highest BCUT2D eigenvalue weighted by Crippen LogP contribution is 2.25. The summed E-state index contributed by atoms with van der Waals surface area (Å²) < 4.78 is 0. The van der Waals surface area contributed by atoms with Crippen molar-refractivity contribution < 1.29 is 0 Å². The van der Waals surface area contributed by atoms with Crippen LogP contribution in [0, 0.1) is 0 Å². The Morgan fingerprint density at radius 3 is 3.21 bits per heavy atom. The van der Waals surface area contributed by atoms with Gasteiger partial charge in [0.25, 0.3) is 0 Å². The minimum absolute atomic E-state index is 0.381. The van der Waals surface area contributed by atoms with Crippen molar-refractivity contribution in [1.29, 1.82) is 0 Å². The molecule has 1 atom stereocenters. The number of likely N-dealkylation sites (tertiary alicyclic amines) is 1. The zero-order valence-corrected chi connectivity index (χ0v) is 14.1. The van der Waals surface area contributed by atoms with E-state index in [0.717, 1.165) is 47.9 Å². The molecule has 1 aliphatic heterocycles. The molecule has 0 amide bonds. The van der Waals surface area contributed by atoms with Gasteiger partial charge in [0, 0.05) is 43.1 Å². The molecular weight excluding hydrogens is 322 g/mol. The number of rotatable bonds is 4. The molecule has 5 nitrogen and oxygen atoms in total. The first-order valence-corrected chi connectivity index (χ1v) is 8.67. The Morgan fingerprint density at radius 2 is 2.33 bits per heavy atom. The fourth-order valence-electron chi connectivity index (χ4n) is 3.35. The number of nitrogens with zero attached hydrogens (tertiary/aromatic N) is 3. The molecule has 0 bridgehead atoms. The second-order valence-electron chi connectivity index (χ2n) is 6.31. The lowest BCUT2D eigenvalue weighted by atomic mass is 10.0. The predicted octanol–water partition coefficient (Wildman–Crippen LogP) is 3.69. The molecule has 2 N–H and O–H groups in total. The smallest absolute Gasteiger partial charge is 0.141 e. The van der Waals surface area contributed by atoms with Gasteiger partial charge in [-0.05, 0) is 43.1 Å². The zero-order chi connectivity index (χ0) is 16.4. The molecule has 0 spiro atoms. The number of nitrogens with one attached hydrogen (secondary N) is 2. The fourth-order valence-corrected chi connectivity index (χ4v) is 3.60. The van der Waals surface area contributed by atoms with Gasteiger partial charge in [-0.15, -0.1) is 0 Å². The van der Waals surface area contributed by atoms with Gasteiger partial charge in [0.05, 0.1) is 5.02 Å². The second kappa shape index (κ2) is 6.79. The summed E-state index contributed by atoms with van der Waals surface area (Å²) in [7, 11) is 0. The van der Waals surface area contributed by atoms with Crippen LogP contribution in [0.3, 0.4) is 0 Å². The van der Waals surface area contributed by atoms with Gasteiger partial charge in [0.2, 0.25) is 0 Å². The summed E-state index contributed by atoms with van der Waals surface area (Å²) in [5.41, 5.74) is 2.08. The van der Waals surface area contributed by atoms with E-state index in [1.54, 1.807) is 0 Å². The third-order valence-electron chi connectivity index (χ3n) is 4.46. The number of fused-ring (bicyclic) bond motifs is 1. The van der Waals surface area contributed by atoms with Crippen LogP contribution in [0.15, 0.2) is 42.9 Å². The van der Waals surface area contributed by atoms with Crippen molar-refractivity contribution in [3.63, 3.8) is 0 Å². The number of piperidine rings is 1. The number of halogens is 1. The summed E-state index contributed by atoms with van der Waals surface area (Å²) in [6.45, 7) is 3.06. The Hall–Kier alpha value is -2.11. The molecule has 3 aromatic heterocycles. The first kappa shape index (κ1) is 15.4. The highest BCUT2D eigenvalue weighted by molar-refractivity contribution is 6.35. The predicted molar refractivity (Wildman–Crippen MR) is 97.3 cm³/mol. The van der Waals surface area contributed by atoms with Gasteiger partial charge < -0.3 is 10.3 Å². The maximum Gasteiger partial charge on any atom is 0.141 e. The van der Waals surface area contributed by atoms with Crippen molar-refractivity contribution >= 4 is 28.5 Å². The average Bonchev–Trinajstić information content (AvgIpc) is 3.05. The van der Waals surface area contributed by atoms with Gasteiger partial charge in [0.1, 0.15) is 11.5 Å². The van der Waals surface area contributed by atoms with E-state index in [9.17, 15) is 0 Å². The molecule has 6 heteroatoms. The third kappa shape index (κ3) is 3.37. The van der Waals surface area contributed by atoms with Crippen LogP contribution in [0.5, 0.6) is 0 Å². The third-order valence-corrected chi connectivity index (χ3v) is 4.78. The van der Waals surface area contributed by atoms with Gasteiger partial charge in [-0.1, -0.05) is 17.7 Å². The van der Waals surface area contributed by atoms with Gasteiger partial charge in [-0.25, -0.2) is 4.98 Å². The Balaban J connectivity index is 1.44. The lowest BCUT2D eigenvalue weighted by molar-refractivity contribution is 0.208. The Kier molecular flexibility index (Phi) is 4.36. The number of anilines is 1. The molecule has 1 aliphatic rings. The largest absolute Gasteiger partial charge is 0.366 e. The number of aromatic nitrogens is 3. The standard InChI is InChI=1S/C18H20ClN5/c19-16-9-17(23-18-15(16)5-7-21-18)22-14-4-2-8-24(12-14)11-13-3-1-6-20-10-13/h1,3,5-7,9-10,14H,2,4,8,11-12H2,(H2,21,22,23)/t14-/m0/s1. The number of hydrogen-bond acceptors (Lipinski definition) is 4.